The zero-order chi connectivity index (χ0) is 18.0. The molecule has 0 unspecified atom stereocenters. The number of hydrogen-bond acceptors (Lipinski definition) is 5. The molecule has 1 aliphatic rings. The van der Waals surface area contributed by atoms with Crippen LogP contribution in [0.1, 0.15) is 48.2 Å². The minimum absolute atomic E-state index is 0.00421. The first kappa shape index (κ1) is 17.3. The van der Waals surface area contributed by atoms with Crippen molar-refractivity contribution in [2.45, 2.75) is 40.3 Å². The highest BCUT2D eigenvalue weighted by Crippen LogP contribution is 2.25. The summed E-state index contributed by atoms with van der Waals surface area (Å²) in [6, 6.07) is 3.75. The Morgan fingerprint density at radius 2 is 2.04 bits per heavy atom. The van der Waals surface area contributed by atoms with Crippen molar-refractivity contribution in [2.75, 3.05) is 18.5 Å². The molecule has 6 nitrogen and oxygen atoms in total. The summed E-state index contributed by atoms with van der Waals surface area (Å²) < 4.78 is 0. The van der Waals surface area contributed by atoms with Crippen molar-refractivity contribution in [2.24, 2.45) is 5.92 Å². The van der Waals surface area contributed by atoms with Crippen LogP contribution >= 0.6 is 0 Å². The Kier molecular flexibility index (Phi) is 4.97. The third-order valence-corrected chi connectivity index (χ3v) is 4.44. The number of aromatic nitrogens is 3. The van der Waals surface area contributed by atoms with E-state index < -0.39 is 0 Å². The lowest BCUT2D eigenvalue weighted by atomic mass is 10.1. The molecule has 0 aromatic carbocycles. The Balaban J connectivity index is 1.72. The van der Waals surface area contributed by atoms with E-state index >= 15 is 0 Å². The fourth-order valence-corrected chi connectivity index (χ4v) is 2.88. The minimum atomic E-state index is -0.00421. The molecule has 2 aromatic rings. The highest BCUT2D eigenvalue weighted by atomic mass is 16.2. The minimum Gasteiger partial charge on any atom is -0.346 e. The summed E-state index contributed by atoms with van der Waals surface area (Å²) in [5, 5.41) is 0. The van der Waals surface area contributed by atoms with Gasteiger partial charge in [-0.3, -0.25) is 4.79 Å². The molecule has 0 spiro atoms. The highest BCUT2D eigenvalue weighted by molar-refractivity contribution is 5.93. The first-order valence-corrected chi connectivity index (χ1v) is 8.78. The fraction of sp³-hybridized carbons (Fsp3) is 0.474. The van der Waals surface area contributed by atoms with Crippen LogP contribution in [0, 0.1) is 5.92 Å². The summed E-state index contributed by atoms with van der Waals surface area (Å²) in [5.41, 5.74) is 2.85. The Morgan fingerprint density at radius 1 is 1.24 bits per heavy atom. The molecule has 0 radical (unpaired) electrons. The van der Waals surface area contributed by atoms with Crippen LogP contribution in [0.25, 0.3) is 0 Å². The maximum absolute atomic E-state index is 12.2. The second-order valence-corrected chi connectivity index (χ2v) is 6.94. The Labute approximate surface area is 148 Å². The van der Waals surface area contributed by atoms with E-state index in [1.807, 2.05) is 25.3 Å². The largest absolute Gasteiger partial charge is 0.346 e. The number of pyridine rings is 1. The van der Waals surface area contributed by atoms with Crippen LogP contribution in [0.2, 0.25) is 0 Å². The molecule has 0 bridgehead atoms. The zero-order valence-corrected chi connectivity index (χ0v) is 15.4. The van der Waals surface area contributed by atoms with Gasteiger partial charge in [0, 0.05) is 44.5 Å². The number of nitrogens with zero attached hydrogens (tertiary/aromatic N) is 5. The summed E-state index contributed by atoms with van der Waals surface area (Å²) in [4.78, 5) is 29.7. The van der Waals surface area contributed by atoms with E-state index in [1.165, 1.54) is 0 Å². The van der Waals surface area contributed by atoms with Crippen molar-refractivity contribution in [3.63, 3.8) is 0 Å². The van der Waals surface area contributed by atoms with Gasteiger partial charge in [0.1, 0.15) is 11.6 Å². The molecule has 132 valence electrons. The third-order valence-electron chi connectivity index (χ3n) is 4.44. The van der Waals surface area contributed by atoms with Crippen molar-refractivity contribution in [3.05, 3.63) is 47.2 Å². The van der Waals surface area contributed by atoms with Crippen LogP contribution in [0.15, 0.2) is 24.5 Å². The highest BCUT2D eigenvalue weighted by Gasteiger charge is 2.23. The summed E-state index contributed by atoms with van der Waals surface area (Å²) >= 11 is 0. The topological polar surface area (TPSA) is 62.2 Å². The van der Waals surface area contributed by atoms with E-state index in [0.717, 1.165) is 42.4 Å². The maximum atomic E-state index is 12.2. The van der Waals surface area contributed by atoms with Gasteiger partial charge in [-0.1, -0.05) is 13.8 Å². The van der Waals surface area contributed by atoms with Gasteiger partial charge in [-0.15, -0.1) is 0 Å². The molecule has 6 heteroatoms. The fourth-order valence-electron chi connectivity index (χ4n) is 2.88. The SMILES string of the molecule is CCN(C)C(=O)c1ccc(N2Cc3cnc(CC(C)C)nc3C2)nc1. The molecule has 0 saturated heterocycles. The summed E-state index contributed by atoms with van der Waals surface area (Å²) in [5.74, 6) is 2.31. The second-order valence-electron chi connectivity index (χ2n) is 6.94. The van der Waals surface area contributed by atoms with Crippen LogP contribution in [0.4, 0.5) is 5.82 Å². The van der Waals surface area contributed by atoms with E-state index in [4.69, 9.17) is 4.98 Å². The summed E-state index contributed by atoms with van der Waals surface area (Å²) in [6.07, 6.45) is 4.49. The van der Waals surface area contributed by atoms with Crippen LogP contribution in [0.5, 0.6) is 0 Å². The molecule has 1 aliphatic heterocycles. The molecule has 3 rings (SSSR count). The van der Waals surface area contributed by atoms with Gasteiger partial charge in [0.15, 0.2) is 0 Å². The molecule has 0 aliphatic carbocycles. The van der Waals surface area contributed by atoms with E-state index in [9.17, 15) is 4.79 Å². The second kappa shape index (κ2) is 7.17. The van der Waals surface area contributed by atoms with E-state index in [2.05, 4.69) is 28.7 Å². The van der Waals surface area contributed by atoms with Crippen LogP contribution in [-0.4, -0.2) is 39.4 Å². The van der Waals surface area contributed by atoms with Crippen molar-refractivity contribution in [1.29, 1.82) is 0 Å². The smallest absolute Gasteiger partial charge is 0.255 e. The molecule has 0 fully saturated rings. The molecular weight excluding hydrogens is 314 g/mol. The van der Waals surface area contributed by atoms with Crippen molar-refractivity contribution in [3.8, 4) is 0 Å². The standard InChI is InChI=1S/C19H25N5O/c1-5-23(4)19(25)14-6-7-18(21-9-14)24-11-15-10-20-17(8-13(2)3)22-16(15)12-24/h6-7,9-10,13H,5,8,11-12H2,1-4H3. The lowest BCUT2D eigenvalue weighted by Gasteiger charge is -2.17. The maximum Gasteiger partial charge on any atom is 0.255 e. The number of rotatable bonds is 5. The quantitative estimate of drug-likeness (QED) is 0.838. The Hall–Kier alpha value is -2.50. The van der Waals surface area contributed by atoms with Crippen molar-refractivity contribution >= 4 is 11.7 Å². The summed E-state index contributed by atoms with van der Waals surface area (Å²) in [6.45, 7) is 8.47. The number of anilines is 1. The van der Waals surface area contributed by atoms with E-state index in [0.29, 0.717) is 18.0 Å². The van der Waals surface area contributed by atoms with Gasteiger partial charge in [0.05, 0.1) is 17.8 Å². The monoisotopic (exact) mass is 339 g/mol. The van der Waals surface area contributed by atoms with Gasteiger partial charge >= 0.3 is 0 Å². The predicted octanol–water partition coefficient (Wildman–Crippen LogP) is 2.68. The van der Waals surface area contributed by atoms with Gasteiger partial charge in [0.25, 0.3) is 5.91 Å². The normalized spacial score (nSPS) is 13.2. The third kappa shape index (κ3) is 3.78. The predicted molar refractivity (Wildman–Crippen MR) is 97.3 cm³/mol. The zero-order valence-electron chi connectivity index (χ0n) is 15.4. The van der Waals surface area contributed by atoms with Gasteiger partial charge in [-0.05, 0) is 25.0 Å². The molecule has 25 heavy (non-hydrogen) atoms. The van der Waals surface area contributed by atoms with Crippen molar-refractivity contribution in [1.82, 2.24) is 19.9 Å². The Bertz CT molecular complexity index is 757. The van der Waals surface area contributed by atoms with Crippen LogP contribution in [0.3, 0.4) is 0 Å². The first-order valence-electron chi connectivity index (χ1n) is 8.78. The molecule has 0 N–H and O–H groups in total. The lowest BCUT2D eigenvalue weighted by molar-refractivity contribution is 0.0802. The first-order chi connectivity index (χ1) is 12.0. The average molecular weight is 339 g/mol. The summed E-state index contributed by atoms with van der Waals surface area (Å²) in [7, 11) is 1.79. The van der Waals surface area contributed by atoms with Gasteiger partial charge < -0.3 is 9.80 Å². The van der Waals surface area contributed by atoms with Gasteiger partial charge in [-0.2, -0.15) is 0 Å². The number of carbonyl (C=O) groups excluding carboxylic acids is 1. The number of carbonyl (C=O) groups is 1. The molecule has 0 saturated carbocycles. The number of fused-ring (bicyclic) bond motifs is 1. The van der Waals surface area contributed by atoms with E-state index in [1.54, 1.807) is 18.1 Å². The Morgan fingerprint density at radius 3 is 2.68 bits per heavy atom. The van der Waals surface area contributed by atoms with Crippen molar-refractivity contribution < 1.29 is 4.79 Å². The molecule has 0 atom stereocenters. The van der Waals surface area contributed by atoms with Gasteiger partial charge in [0.2, 0.25) is 0 Å². The molecule has 2 aromatic heterocycles. The van der Waals surface area contributed by atoms with E-state index in [-0.39, 0.29) is 5.91 Å². The van der Waals surface area contributed by atoms with Crippen LogP contribution < -0.4 is 4.90 Å². The van der Waals surface area contributed by atoms with Crippen LogP contribution in [-0.2, 0) is 19.5 Å². The average Bonchev–Trinajstić information content (AvgIpc) is 3.03. The molecule has 3 heterocycles. The lowest BCUT2D eigenvalue weighted by Crippen LogP contribution is -2.26. The number of amides is 1. The molecular formula is C19H25N5O. The number of hydrogen-bond donors (Lipinski definition) is 0. The van der Waals surface area contributed by atoms with Gasteiger partial charge in [-0.25, -0.2) is 15.0 Å². The molecule has 1 amide bonds.